The van der Waals surface area contributed by atoms with Crippen molar-refractivity contribution >= 4 is 23.6 Å². The van der Waals surface area contributed by atoms with Crippen LogP contribution in [0.15, 0.2) is 0 Å². The highest BCUT2D eigenvalue weighted by Gasteiger charge is 2.71. The highest BCUT2D eigenvalue weighted by molar-refractivity contribution is 6.28. The summed E-state index contributed by atoms with van der Waals surface area (Å²) in [5.41, 5.74) is -0.593. The third-order valence-electron chi connectivity index (χ3n) is 5.32. The lowest BCUT2D eigenvalue weighted by molar-refractivity contribution is -0.124. The average molecular weight is 348 g/mol. The molecular formula is C15H22ClNO6. The van der Waals surface area contributed by atoms with Crippen LogP contribution < -0.4 is 5.32 Å². The van der Waals surface area contributed by atoms with E-state index < -0.39 is 18.1 Å². The Labute approximate surface area is 139 Å². The van der Waals surface area contributed by atoms with Crippen LogP contribution in [0.3, 0.4) is 0 Å². The Bertz CT molecular complexity index is 508. The maximum Gasteiger partial charge on any atom is 0.414 e. The predicted molar refractivity (Wildman–Crippen MR) is 80.3 cm³/mol. The summed E-state index contributed by atoms with van der Waals surface area (Å²) in [6.07, 6.45) is -0.123. The van der Waals surface area contributed by atoms with Gasteiger partial charge in [-0.05, 0) is 26.7 Å². The molecule has 3 aliphatic rings. The number of imide groups is 1. The Hall–Kier alpha value is -0.890. The SMILES string of the molecule is COC1C(OC(=O)NC(=O)CCl)CCC2(CO2)C1C1(C)OC1C. The molecule has 1 spiro atoms. The quantitative estimate of drug-likeness (QED) is 0.607. The fraction of sp³-hybridized carbons (Fsp3) is 0.867. The van der Waals surface area contributed by atoms with Crippen molar-refractivity contribution in [3.05, 3.63) is 0 Å². The summed E-state index contributed by atoms with van der Waals surface area (Å²) in [7, 11) is 1.59. The second-order valence-corrected chi connectivity index (χ2v) is 6.91. The molecule has 0 aromatic rings. The molecule has 1 saturated carbocycles. The number of amides is 2. The highest BCUT2D eigenvalue weighted by Crippen LogP contribution is 2.58. The minimum absolute atomic E-state index is 0.0229. The van der Waals surface area contributed by atoms with Crippen LogP contribution in [0.4, 0.5) is 4.79 Å². The summed E-state index contributed by atoms with van der Waals surface area (Å²) in [5.74, 6) is -0.910. The minimum Gasteiger partial charge on any atom is -0.443 e. The molecule has 0 bridgehead atoms. The zero-order chi connectivity index (χ0) is 16.8. The van der Waals surface area contributed by atoms with E-state index in [1.165, 1.54) is 0 Å². The maximum atomic E-state index is 11.8. The summed E-state index contributed by atoms with van der Waals surface area (Å²) in [5, 5.41) is 2.09. The van der Waals surface area contributed by atoms with Gasteiger partial charge in [0, 0.05) is 7.11 Å². The van der Waals surface area contributed by atoms with E-state index in [1.807, 2.05) is 13.8 Å². The summed E-state index contributed by atoms with van der Waals surface area (Å²) in [6.45, 7) is 4.73. The number of ether oxygens (including phenoxy) is 4. The second kappa shape index (κ2) is 5.88. The number of hydrogen-bond donors (Lipinski definition) is 1. The van der Waals surface area contributed by atoms with Crippen molar-refractivity contribution in [3.8, 4) is 0 Å². The van der Waals surface area contributed by atoms with Crippen LogP contribution in [0, 0.1) is 5.92 Å². The van der Waals surface area contributed by atoms with E-state index in [-0.39, 0.29) is 35.2 Å². The number of alkyl halides is 1. The van der Waals surface area contributed by atoms with Crippen LogP contribution in [0.5, 0.6) is 0 Å². The lowest BCUT2D eigenvalue weighted by Gasteiger charge is -2.42. The monoisotopic (exact) mass is 347 g/mol. The standard InChI is InChI=1S/C15H22ClNO6/c1-8-14(2,23-8)12-11(20-3)9(4-5-15(12)7-21-15)22-13(19)17-10(18)6-16/h8-9,11-12H,4-7H2,1-3H3,(H,17,18,19). The van der Waals surface area contributed by atoms with Crippen LogP contribution in [0.1, 0.15) is 26.7 Å². The number of rotatable bonds is 4. The number of nitrogens with one attached hydrogen (secondary N) is 1. The zero-order valence-corrected chi connectivity index (χ0v) is 14.2. The van der Waals surface area contributed by atoms with Crippen molar-refractivity contribution in [1.29, 1.82) is 0 Å². The summed E-state index contributed by atoms with van der Waals surface area (Å²) >= 11 is 5.37. The van der Waals surface area contributed by atoms with Crippen molar-refractivity contribution < 1.29 is 28.5 Å². The van der Waals surface area contributed by atoms with Gasteiger partial charge in [0.2, 0.25) is 5.91 Å². The van der Waals surface area contributed by atoms with Gasteiger partial charge in [0.1, 0.15) is 23.7 Å². The Balaban J connectivity index is 1.72. The van der Waals surface area contributed by atoms with Gasteiger partial charge in [-0.3, -0.25) is 10.1 Å². The molecule has 3 fully saturated rings. The molecule has 3 rings (SSSR count). The Morgan fingerprint density at radius 3 is 2.57 bits per heavy atom. The number of carbonyl (C=O) groups excluding carboxylic acids is 2. The summed E-state index contributed by atoms with van der Waals surface area (Å²) < 4.78 is 22.6. The van der Waals surface area contributed by atoms with Crippen molar-refractivity contribution in [1.82, 2.24) is 5.32 Å². The molecule has 1 N–H and O–H groups in total. The molecule has 0 radical (unpaired) electrons. The van der Waals surface area contributed by atoms with Gasteiger partial charge in [0.15, 0.2) is 0 Å². The average Bonchev–Trinajstić information content (AvgIpc) is 3.40. The summed E-state index contributed by atoms with van der Waals surface area (Å²) in [4.78, 5) is 23.0. The number of alkyl carbamates (subject to hydrolysis) is 1. The topological polar surface area (TPSA) is 89.7 Å². The molecule has 2 aliphatic heterocycles. The lowest BCUT2D eigenvalue weighted by Crippen LogP contribution is -2.56. The number of halogens is 1. The molecular weight excluding hydrogens is 326 g/mol. The molecule has 7 nitrogen and oxygen atoms in total. The van der Waals surface area contributed by atoms with E-state index >= 15 is 0 Å². The molecule has 2 saturated heterocycles. The first-order chi connectivity index (χ1) is 10.9. The van der Waals surface area contributed by atoms with E-state index in [1.54, 1.807) is 7.11 Å². The molecule has 2 amide bonds. The zero-order valence-electron chi connectivity index (χ0n) is 13.5. The smallest absolute Gasteiger partial charge is 0.414 e. The van der Waals surface area contributed by atoms with Gasteiger partial charge in [0.25, 0.3) is 0 Å². The van der Waals surface area contributed by atoms with Crippen LogP contribution in [0.25, 0.3) is 0 Å². The van der Waals surface area contributed by atoms with Crippen LogP contribution in [-0.4, -0.2) is 61.1 Å². The molecule has 6 unspecified atom stereocenters. The van der Waals surface area contributed by atoms with Gasteiger partial charge in [-0.15, -0.1) is 11.6 Å². The first kappa shape index (κ1) is 17.0. The van der Waals surface area contributed by atoms with Gasteiger partial charge in [0.05, 0.1) is 24.2 Å². The minimum atomic E-state index is -0.802. The van der Waals surface area contributed by atoms with Crippen LogP contribution >= 0.6 is 11.6 Å². The third kappa shape index (κ3) is 2.95. The van der Waals surface area contributed by atoms with Crippen LogP contribution in [0.2, 0.25) is 0 Å². The molecule has 130 valence electrons. The van der Waals surface area contributed by atoms with Gasteiger partial charge in [-0.25, -0.2) is 4.79 Å². The van der Waals surface area contributed by atoms with Crippen molar-refractivity contribution in [3.63, 3.8) is 0 Å². The molecule has 8 heteroatoms. The second-order valence-electron chi connectivity index (χ2n) is 6.64. The van der Waals surface area contributed by atoms with Gasteiger partial charge in [-0.1, -0.05) is 0 Å². The Kier molecular flexibility index (Phi) is 4.33. The van der Waals surface area contributed by atoms with Crippen molar-refractivity contribution in [2.45, 2.75) is 56.2 Å². The third-order valence-corrected chi connectivity index (χ3v) is 5.56. The largest absolute Gasteiger partial charge is 0.443 e. The molecule has 23 heavy (non-hydrogen) atoms. The maximum absolute atomic E-state index is 11.8. The number of epoxide rings is 2. The van der Waals surface area contributed by atoms with Gasteiger partial charge in [-0.2, -0.15) is 0 Å². The predicted octanol–water partition coefficient (Wildman–Crippen LogP) is 1.22. The number of hydrogen-bond acceptors (Lipinski definition) is 6. The normalized spacial score (nSPS) is 44.7. The van der Waals surface area contributed by atoms with Gasteiger partial charge < -0.3 is 18.9 Å². The number of carbonyl (C=O) groups is 2. The Morgan fingerprint density at radius 1 is 1.43 bits per heavy atom. The van der Waals surface area contributed by atoms with Crippen LogP contribution in [-0.2, 0) is 23.7 Å². The molecule has 6 atom stereocenters. The van der Waals surface area contributed by atoms with E-state index in [4.69, 9.17) is 30.5 Å². The lowest BCUT2D eigenvalue weighted by atomic mass is 9.68. The van der Waals surface area contributed by atoms with Crippen molar-refractivity contribution in [2.75, 3.05) is 19.6 Å². The van der Waals surface area contributed by atoms with Gasteiger partial charge >= 0.3 is 6.09 Å². The molecule has 0 aromatic heterocycles. The molecule has 1 aliphatic carbocycles. The van der Waals surface area contributed by atoms with Crippen molar-refractivity contribution in [2.24, 2.45) is 5.92 Å². The van der Waals surface area contributed by atoms with E-state index in [0.717, 1.165) is 6.42 Å². The fourth-order valence-corrected chi connectivity index (χ4v) is 3.95. The van der Waals surface area contributed by atoms with E-state index in [2.05, 4.69) is 5.32 Å². The fourth-order valence-electron chi connectivity index (χ4n) is 3.89. The van der Waals surface area contributed by atoms with E-state index in [9.17, 15) is 9.59 Å². The highest BCUT2D eigenvalue weighted by atomic mass is 35.5. The number of methoxy groups -OCH3 is 1. The first-order valence-electron chi connectivity index (χ1n) is 7.77. The molecule has 2 heterocycles. The first-order valence-corrected chi connectivity index (χ1v) is 8.31. The Morgan fingerprint density at radius 2 is 2.09 bits per heavy atom. The van der Waals surface area contributed by atoms with E-state index in [0.29, 0.717) is 13.0 Å². The summed E-state index contributed by atoms with van der Waals surface area (Å²) in [6, 6.07) is 0. The molecule has 0 aromatic carbocycles.